The van der Waals surface area contributed by atoms with Gasteiger partial charge in [-0.1, -0.05) is 24.3 Å². The second kappa shape index (κ2) is 3.88. The van der Waals surface area contributed by atoms with Gasteiger partial charge in [-0.05, 0) is 22.8 Å². The first-order valence-electron chi connectivity index (χ1n) is 3.82. The summed E-state index contributed by atoms with van der Waals surface area (Å²) in [4.78, 5) is 0. The molecule has 0 saturated heterocycles. The molecule has 0 aliphatic heterocycles. The van der Waals surface area contributed by atoms with E-state index in [1.165, 1.54) is 11.1 Å². The molecule has 1 aliphatic carbocycles. The van der Waals surface area contributed by atoms with Crippen LogP contribution in [-0.4, -0.2) is 11.7 Å². The van der Waals surface area contributed by atoms with Gasteiger partial charge in [-0.3, -0.25) is 0 Å². The van der Waals surface area contributed by atoms with E-state index in [0.29, 0.717) is 0 Å². The quantitative estimate of drug-likeness (QED) is 0.625. The van der Waals surface area contributed by atoms with E-state index in [1.54, 1.807) is 0 Å². The molecule has 0 amide bonds. The Bertz CT molecular complexity index is 300. The molecule has 1 aromatic rings. The third-order valence-corrected chi connectivity index (χ3v) is 1.81. The lowest BCUT2D eigenvalue weighted by Gasteiger charge is -2.16. The van der Waals surface area contributed by atoms with Gasteiger partial charge in [0.15, 0.2) is 0 Å². The van der Waals surface area contributed by atoms with Crippen LogP contribution in [0.5, 0.6) is 0 Å². The molecule has 0 bridgehead atoms. The minimum absolute atomic E-state index is 0.164. The van der Waals surface area contributed by atoms with Crippen LogP contribution in [0.3, 0.4) is 0 Å². The Hall–Kier alpha value is -1.34. The molecular formula is C11H12O. The third kappa shape index (κ3) is 1.31. The number of benzene rings is 1. The zero-order chi connectivity index (χ0) is 8.97. The van der Waals surface area contributed by atoms with Crippen molar-refractivity contribution in [3.63, 3.8) is 0 Å². The molecule has 0 aromatic heterocycles. The van der Waals surface area contributed by atoms with Crippen LogP contribution in [-0.2, 0) is 0 Å². The summed E-state index contributed by atoms with van der Waals surface area (Å²) in [5.41, 5.74) is 3.49. The maximum absolute atomic E-state index is 8.76. The Balaban J connectivity index is 0.000000336. The minimum atomic E-state index is 0.164. The van der Waals surface area contributed by atoms with Crippen LogP contribution < -0.4 is 0 Å². The molecule has 1 aliphatic rings. The van der Waals surface area contributed by atoms with Gasteiger partial charge >= 0.3 is 0 Å². The predicted octanol–water partition coefficient (Wildman–Crippen LogP) is 2.34. The number of hydrogen-bond donors (Lipinski definition) is 1. The summed E-state index contributed by atoms with van der Waals surface area (Å²) in [5.74, 6) is 0. The smallest absolute Gasteiger partial charge is 0.0688 e. The molecule has 1 nitrogen and oxygen atoms in total. The van der Waals surface area contributed by atoms with E-state index in [4.69, 9.17) is 5.11 Å². The first kappa shape index (κ1) is 8.75. The monoisotopic (exact) mass is 160 g/mol. The lowest BCUT2D eigenvalue weighted by Crippen LogP contribution is -2.01. The first-order valence-corrected chi connectivity index (χ1v) is 3.82. The Morgan fingerprint density at radius 3 is 2.42 bits per heavy atom. The molecule has 12 heavy (non-hydrogen) atoms. The molecule has 0 saturated carbocycles. The van der Waals surface area contributed by atoms with E-state index in [2.05, 4.69) is 19.2 Å². The molecule has 0 heterocycles. The largest absolute Gasteiger partial charge is 0.392 e. The van der Waals surface area contributed by atoms with E-state index in [-0.39, 0.29) is 6.61 Å². The summed E-state index contributed by atoms with van der Waals surface area (Å²) in [7, 11) is 0. The van der Waals surface area contributed by atoms with Crippen molar-refractivity contribution in [3.8, 4) is 0 Å². The van der Waals surface area contributed by atoms with Crippen LogP contribution in [0.15, 0.2) is 37.4 Å². The van der Waals surface area contributed by atoms with Gasteiger partial charge < -0.3 is 5.11 Å². The van der Waals surface area contributed by atoms with Gasteiger partial charge in [-0.25, -0.2) is 0 Å². The Kier molecular flexibility index (Phi) is 2.83. The van der Waals surface area contributed by atoms with E-state index in [1.807, 2.05) is 24.3 Å². The zero-order valence-electron chi connectivity index (χ0n) is 6.96. The van der Waals surface area contributed by atoms with Gasteiger partial charge in [0.25, 0.3) is 0 Å². The number of aliphatic hydroxyl groups excluding tert-OH is 1. The van der Waals surface area contributed by atoms with Crippen LogP contribution in [0.2, 0.25) is 0 Å². The molecule has 1 heteroatoms. The van der Waals surface area contributed by atoms with Crippen LogP contribution in [0.25, 0.3) is 11.6 Å². The van der Waals surface area contributed by atoms with Crippen molar-refractivity contribution in [3.05, 3.63) is 48.6 Å². The molecule has 0 radical (unpaired) electrons. The summed E-state index contributed by atoms with van der Waals surface area (Å²) in [6.45, 7) is 6.16. The van der Waals surface area contributed by atoms with Gasteiger partial charge in [-0.2, -0.15) is 0 Å². The van der Waals surface area contributed by atoms with E-state index in [0.717, 1.165) is 5.57 Å². The van der Waals surface area contributed by atoms with Gasteiger partial charge in [0.2, 0.25) is 0 Å². The summed E-state index contributed by atoms with van der Waals surface area (Å²) in [5, 5.41) is 8.76. The molecule has 0 unspecified atom stereocenters. The number of aliphatic hydroxyl groups is 1. The third-order valence-electron chi connectivity index (χ3n) is 1.81. The number of fused-ring (bicyclic) bond motifs is 1. The highest BCUT2D eigenvalue weighted by atomic mass is 16.3. The zero-order valence-corrected chi connectivity index (χ0v) is 6.96. The lowest BCUT2D eigenvalue weighted by atomic mass is 9.89. The molecule has 0 fully saturated rings. The Morgan fingerprint density at radius 1 is 1.17 bits per heavy atom. The van der Waals surface area contributed by atoms with Crippen LogP contribution in [0.1, 0.15) is 11.1 Å². The van der Waals surface area contributed by atoms with Crippen molar-refractivity contribution in [2.45, 2.75) is 0 Å². The Morgan fingerprint density at radius 2 is 1.83 bits per heavy atom. The van der Waals surface area contributed by atoms with Gasteiger partial charge in [0, 0.05) is 0 Å². The number of rotatable bonds is 1. The van der Waals surface area contributed by atoms with Crippen molar-refractivity contribution in [2.75, 3.05) is 6.61 Å². The van der Waals surface area contributed by atoms with Crippen molar-refractivity contribution in [2.24, 2.45) is 0 Å². The summed E-state index contributed by atoms with van der Waals surface area (Å²) in [6, 6.07) is 8.07. The van der Waals surface area contributed by atoms with E-state index in [9.17, 15) is 0 Å². The SMILES string of the molecule is C=C.OCC1=Cc2ccccc21. The average Bonchev–Trinajstić information content (AvgIpc) is 2.11. The lowest BCUT2D eigenvalue weighted by molar-refractivity contribution is 0.350. The van der Waals surface area contributed by atoms with Crippen LogP contribution in [0.4, 0.5) is 0 Å². The van der Waals surface area contributed by atoms with Crippen molar-refractivity contribution in [1.29, 1.82) is 0 Å². The Labute approximate surface area is 72.7 Å². The molecule has 1 N–H and O–H groups in total. The fourth-order valence-corrected chi connectivity index (χ4v) is 1.23. The van der Waals surface area contributed by atoms with E-state index < -0.39 is 0 Å². The normalized spacial score (nSPS) is 11.6. The maximum Gasteiger partial charge on any atom is 0.0688 e. The van der Waals surface area contributed by atoms with Crippen molar-refractivity contribution >= 4 is 11.6 Å². The van der Waals surface area contributed by atoms with Crippen molar-refractivity contribution < 1.29 is 5.11 Å². The minimum Gasteiger partial charge on any atom is -0.392 e. The van der Waals surface area contributed by atoms with Crippen molar-refractivity contribution in [1.82, 2.24) is 0 Å². The summed E-state index contributed by atoms with van der Waals surface area (Å²) < 4.78 is 0. The van der Waals surface area contributed by atoms with Gasteiger partial charge in [0.05, 0.1) is 6.61 Å². The van der Waals surface area contributed by atoms with Gasteiger partial charge in [-0.15, -0.1) is 13.2 Å². The fourth-order valence-electron chi connectivity index (χ4n) is 1.23. The number of hydrogen-bond acceptors (Lipinski definition) is 1. The standard InChI is InChI=1S/C9H8O.C2H4/c10-6-8-5-7-3-1-2-4-9(7)8;1-2/h1-5,10H,6H2;1-2H2. The molecule has 2 rings (SSSR count). The molecule has 0 atom stereocenters. The molecule has 0 spiro atoms. The van der Waals surface area contributed by atoms with Crippen LogP contribution in [0, 0.1) is 0 Å². The maximum atomic E-state index is 8.76. The average molecular weight is 160 g/mol. The molecular weight excluding hydrogens is 148 g/mol. The summed E-state index contributed by atoms with van der Waals surface area (Å²) in [6.07, 6.45) is 2.01. The highest BCUT2D eigenvalue weighted by Gasteiger charge is 2.12. The second-order valence-electron chi connectivity index (χ2n) is 2.41. The second-order valence-corrected chi connectivity index (χ2v) is 2.41. The predicted molar refractivity (Wildman–Crippen MR) is 52.7 cm³/mol. The highest BCUT2D eigenvalue weighted by Crippen LogP contribution is 2.30. The highest BCUT2D eigenvalue weighted by molar-refractivity contribution is 5.95. The first-order chi connectivity index (χ1) is 5.92. The van der Waals surface area contributed by atoms with Gasteiger partial charge in [0.1, 0.15) is 0 Å². The molecule has 1 aromatic carbocycles. The fraction of sp³-hybridized carbons (Fsp3) is 0.0909. The van der Waals surface area contributed by atoms with Crippen LogP contribution >= 0.6 is 0 Å². The van der Waals surface area contributed by atoms with E-state index >= 15 is 0 Å². The molecule has 62 valence electrons. The topological polar surface area (TPSA) is 20.2 Å². The summed E-state index contributed by atoms with van der Waals surface area (Å²) >= 11 is 0.